The molecule has 1 aliphatic rings. The summed E-state index contributed by atoms with van der Waals surface area (Å²) in [7, 11) is 0. The number of fused-ring (bicyclic) bond motifs is 1. The molecule has 2 nitrogen and oxygen atoms in total. The predicted molar refractivity (Wildman–Crippen MR) is 58.3 cm³/mol. The largest absolute Gasteiger partial charge is 0.384 e. The van der Waals surface area contributed by atoms with Crippen LogP contribution in [-0.4, -0.2) is 11.5 Å². The van der Waals surface area contributed by atoms with E-state index >= 15 is 0 Å². The molecule has 0 spiro atoms. The van der Waals surface area contributed by atoms with Crippen molar-refractivity contribution in [2.24, 2.45) is 0 Å². The smallest absolute Gasteiger partial charge is 0.266 e. The van der Waals surface area contributed by atoms with Crippen molar-refractivity contribution in [3.63, 3.8) is 0 Å². The minimum absolute atomic E-state index is 0. The molecule has 0 aromatic carbocycles. The van der Waals surface area contributed by atoms with Crippen LogP contribution in [0.25, 0.3) is 0 Å². The first-order valence-corrected chi connectivity index (χ1v) is 4.77. The first kappa shape index (κ1) is 12.5. The van der Waals surface area contributed by atoms with Crippen LogP contribution in [0.3, 0.4) is 0 Å². The van der Waals surface area contributed by atoms with Gasteiger partial charge in [0.15, 0.2) is 0 Å². The van der Waals surface area contributed by atoms with E-state index in [-0.39, 0.29) is 23.1 Å². The van der Waals surface area contributed by atoms with E-state index in [1.165, 1.54) is 6.07 Å². The predicted octanol–water partition coefficient (Wildman–Crippen LogP) is 3.45. The molecule has 0 fully saturated rings. The molecule has 0 aliphatic carbocycles. The topological polar surface area (TPSA) is 24.9 Å². The number of aromatic nitrogens is 1. The molecular formula is C9H10Cl2F2N2. The number of rotatable bonds is 1. The summed E-state index contributed by atoms with van der Waals surface area (Å²) in [6, 6.07) is 1.40. The van der Waals surface area contributed by atoms with Crippen LogP contribution in [0.15, 0.2) is 6.07 Å². The molecule has 0 unspecified atom stereocenters. The Kier molecular flexibility index (Phi) is 4.11. The lowest BCUT2D eigenvalue weighted by Gasteiger charge is -2.18. The van der Waals surface area contributed by atoms with Crippen molar-refractivity contribution in [1.82, 2.24) is 4.98 Å². The molecule has 2 heterocycles. The van der Waals surface area contributed by atoms with Crippen LogP contribution in [0, 0.1) is 0 Å². The van der Waals surface area contributed by atoms with Gasteiger partial charge in [-0.25, -0.2) is 13.8 Å². The summed E-state index contributed by atoms with van der Waals surface area (Å²) in [4.78, 5) is 3.96. The van der Waals surface area contributed by atoms with Crippen molar-refractivity contribution < 1.29 is 8.78 Å². The van der Waals surface area contributed by atoms with Crippen molar-refractivity contribution >= 4 is 29.7 Å². The molecule has 0 amide bonds. The van der Waals surface area contributed by atoms with E-state index < -0.39 is 6.43 Å². The summed E-state index contributed by atoms with van der Waals surface area (Å²) in [5, 5.41) is 2.95. The molecule has 1 N–H and O–H groups in total. The zero-order chi connectivity index (χ0) is 10.1. The zero-order valence-corrected chi connectivity index (χ0v) is 9.34. The molecule has 1 aliphatic heterocycles. The van der Waals surface area contributed by atoms with Crippen LogP contribution >= 0.6 is 24.0 Å². The molecule has 6 heteroatoms. The molecule has 0 bridgehead atoms. The summed E-state index contributed by atoms with van der Waals surface area (Å²) in [6.07, 6.45) is -0.806. The normalized spacial score (nSPS) is 14.1. The van der Waals surface area contributed by atoms with Crippen LogP contribution < -0.4 is 5.32 Å². The first-order chi connectivity index (χ1) is 6.68. The second-order valence-corrected chi connectivity index (χ2v) is 3.55. The lowest BCUT2D eigenvalue weighted by atomic mass is 10.1. The van der Waals surface area contributed by atoms with Gasteiger partial charge in [0, 0.05) is 6.54 Å². The van der Waals surface area contributed by atoms with Gasteiger partial charge in [0.2, 0.25) is 0 Å². The van der Waals surface area contributed by atoms with E-state index in [1.807, 2.05) is 0 Å². The molecule has 84 valence electrons. The van der Waals surface area contributed by atoms with E-state index in [0.29, 0.717) is 5.69 Å². The van der Waals surface area contributed by atoms with Crippen molar-refractivity contribution in [3.8, 4) is 0 Å². The summed E-state index contributed by atoms with van der Waals surface area (Å²) >= 11 is 5.64. The average Bonchev–Trinajstić information content (AvgIpc) is 2.16. The number of aryl methyl sites for hydroxylation is 1. The standard InChI is InChI=1S/C9H9ClF2N2.ClH/c10-8-5(9(11)12)4-7-6(14-8)2-1-3-13-7;/h4,9,13H,1-3H2;1H. The second kappa shape index (κ2) is 4.94. The second-order valence-electron chi connectivity index (χ2n) is 3.19. The van der Waals surface area contributed by atoms with Crippen LogP contribution in [0.1, 0.15) is 24.1 Å². The molecule has 0 radical (unpaired) electrons. The average molecular weight is 255 g/mol. The molecule has 0 saturated heterocycles. The van der Waals surface area contributed by atoms with Gasteiger partial charge in [-0.3, -0.25) is 0 Å². The van der Waals surface area contributed by atoms with Gasteiger partial charge in [-0.2, -0.15) is 0 Å². The fourth-order valence-corrected chi connectivity index (χ4v) is 1.76. The zero-order valence-electron chi connectivity index (χ0n) is 7.77. The van der Waals surface area contributed by atoms with Gasteiger partial charge in [0.25, 0.3) is 6.43 Å². The Hall–Kier alpha value is -0.610. The van der Waals surface area contributed by atoms with Gasteiger partial charge in [0.05, 0.1) is 16.9 Å². The Morgan fingerprint density at radius 1 is 1.47 bits per heavy atom. The molecule has 15 heavy (non-hydrogen) atoms. The van der Waals surface area contributed by atoms with Crippen LogP contribution in [-0.2, 0) is 6.42 Å². The van der Waals surface area contributed by atoms with E-state index in [9.17, 15) is 8.78 Å². The minimum atomic E-state index is -2.57. The maximum absolute atomic E-state index is 12.4. The van der Waals surface area contributed by atoms with Crippen LogP contribution in [0.2, 0.25) is 5.15 Å². The van der Waals surface area contributed by atoms with Gasteiger partial charge >= 0.3 is 0 Å². The Morgan fingerprint density at radius 3 is 2.87 bits per heavy atom. The monoisotopic (exact) mass is 254 g/mol. The van der Waals surface area contributed by atoms with Gasteiger partial charge in [-0.15, -0.1) is 12.4 Å². The number of halogens is 4. The number of hydrogen-bond donors (Lipinski definition) is 1. The quantitative estimate of drug-likeness (QED) is 0.777. The van der Waals surface area contributed by atoms with E-state index in [0.717, 1.165) is 25.1 Å². The van der Waals surface area contributed by atoms with Crippen molar-refractivity contribution in [3.05, 3.63) is 22.5 Å². The SMILES string of the molecule is Cl.FC(F)c1cc2c(nc1Cl)CCCN2. The highest BCUT2D eigenvalue weighted by atomic mass is 35.5. The molecule has 1 aromatic rings. The van der Waals surface area contributed by atoms with Crippen LogP contribution in [0.4, 0.5) is 14.5 Å². The van der Waals surface area contributed by atoms with Crippen molar-refractivity contribution in [2.75, 3.05) is 11.9 Å². The van der Waals surface area contributed by atoms with Gasteiger partial charge in [-0.05, 0) is 18.9 Å². The third-order valence-electron chi connectivity index (χ3n) is 2.22. The van der Waals surface area contributed by atoms with E-state index in [2.05, 4.69) is 10.3 Å². The maximum Gasteiger partial charge on any atom is 0.266 e. The van der Waals surface area contributed by atoms with E-state index in [1.54, 1.807) is 0 Å². The maximum atomic E-state index is 12.4. The van der Waals surface area contributed by atoms with Gasteiger partial charge in [-0.1, -0.05) is 11.6 Å². The van der Waals surface area contributed by atoms with Crippen molar-refractivity contribution in [2.45, 2.75) is 19.3 Å². The van der Waals surface area contributed by atoms with Crippen molar-refractivity contribution in [1.29, 1.82) is 0 Å². The number of nitrogens with zero attached hydrogens (tertiary/aromatic N) is 1. The summed E-state index contributed by atoms with van der Waals surface area (Å²) in [5.74, 6) is 0. The molecular weight excluding hydrogens is 245 g/mol. The highest BCUT2D eigenvalue weighted by Gasteiger charge is 2.18. The Morgan fingerprint density at radius 2 is 2.20 bits per heavy atom. The summed E-state index contributed by atoms with van der Waals surface area (Å²) in [6.45, 7) is 0.805. The molecule has 2 rings (SSSR count). The fraction of sp³-hybridized carbons (Fsp3) is 0.444. The van der Waals surface area contributed by atoms with Gasteiger partial charge < -0.3 is 5.32 Å². The summed E-state index contributed by atoms with van der Waals surface area (Å²) in [5.41, 5.74) is 1.28. The number of anilines is 1. The lowest BCUT2D eigenvalue weighted by molar-refractivity contribution is 0.151. The highest BCUT2D eigenvalue weighted by molar-refractivity contribution is 6.30. The molecule has 0 saturated carbocycles. The number of nitrogens with one attached hydrogen (secondary N) is 1. The van der Waals surface area contributed by atoms with E-state index in [4.69, 9.17) is 11.6 Å². The molecule has 0 atom stereocenters. The minimum Gasteiger partial charge on any atom is -0.384 e. The third kappa shape index (κ3) is 2.49. The Balaban J connectivity index is 0.00000112. The third-order valence-corrected chi connectivity index (χ3v) is 2.53. The first-order valence-electron chi connectivity index (χ1n) is 4.40. The van der Waals surface area contributed by atoms with Gasteiger partial charge in [0.1, 0.15) is 5.15 Å². The summed E-state index contributed by atoms with van der Waals surface area (Å²) < 4.78 is 24.9. The number of pyridine rings is 1. The highest BCUT2D eigenvalue weighted by Crippen LogP contribution is 2.31. The Bertz CT molecular complexity index is 358. The fourth-order valence-electron chi connectivity index (χ4n) is 1.52. The molecule has 1 aromatic heterocycles. The number of alkyl halides is 2. The number of hydrogen-bond acceptors (Lipinski definition) is 2. The lowest BCUT2D eigenvalue weighted by Crippen LogP contribution is -2.14. The Labute approximate surface area is 97.4 Å². The van der Waals surface area contributed by atoms with Crippen LogP contribution in [0.5, 0.6) is 0 Å².